The van der Waals surface area contributed by atoms with E-state index in [1.807, 2.05) is 32.9 Å². The lowest BCUT2D eigenvalue weighted by atomic mass is 10.1. The zero-order valence-electron chi connectivity index (χ0n) is 12.7. The van der Waals surface area contributed by atoms with Gasteiger partial charge in [-0.3, -0.25) is 0 Å². The van der Waals surface area contributed by atoms with Crippen LogP contribution in [0.2, 0.25) is 0 Å². The Morgan fingerprint density at radius 2 is 1.76 bits per heavy atom. The molecular formula is C17H21FN2O. The zero-order chi connectivity index (χ0) is 15.4. The number of aryl methyl sites for hydroxylation is 2. The predicted molar refractivity (Wildman–Crippen MR) is 85.8 cm³/mol. The molecule has 3 N–H and O–H groups in total. The van der Waals surface area contributed by atoms with Gasteiger partial charge in [0, 0.05) is 17.8 Å². The number of ether oxygens (including phenoxy) is 1. The Bertz CT molecular complexity index is 621. The summed E-state index contributed by atoms with van der Waals surface area (Å²) >= 11 is 0. The van der Waals surface area contributed by atoms with Gasteiger partial charge in [-0.05, 0) is 43.5 Å². The third kappa shape index (κ3) is 3.88. The van der Waals surface area contributed by atoms with Crippen molar-refractivity contribution < 1.29 is 9.13 Å². The number of nitrogens with two attached hydrogens (primary N) is 1. The van der Waals surface area contributed by atoms with E-state index in [1.54, 1.807) is 6.07 Å². The average Bonchev–Trinajstić information content (AvgIpc) is 2.39. The summed E-state index contributed by atoms with van der Waals surface area (Å²) in [6, 6.07) is 9.02. The molecule has 21 heavy (non-hydrogen) atoms. The van der Waals surface area contributed by atoms with Crippen molar-refractivity contribution in [3.8, 4) is 5.75 Å². The lowest BCUT2D eigenvalue weighted by Crippen LogP contribution is -2.02. The van der Waals surface area contributed by atoms with Crippen LogP contribution in [0.5, 0.6) is 5.75 Å². The number of benzene rings is 2. The van der Waals surface area contributed by atoms with Crippen LogP contribution in [-0.4, -0.2) is 6.61 Å². The summed E-state index contributed by atoms with van der Waals surface area (Å²) in [5.41, 5.74) is 10.1. The van der Waals surface area contributed by atoms with E-state index in [4.69, 9.17) is 10.5 Å². The number of halogens is 1. The minimum Gasteiger partial charge on any atom is -0.490 e. The smallest absolute Gasteiger partial charge is 0.167 e. The molecule has 2 rings (SSSR count). The van der Waals surface area contributed by atoms with Crippen LogP contribution < -0.4 is 15.8 Å². The van der Waals surface area contributed by atoms with Gasteiger partial charge < -0.3 is 15.8 Å². The Hall–Kier alpha value is -2.23. The Morgan fingerprint density at radius 1 is 1.10 bits per heavy atom. The molecule has 0 spiro atoms. The molecule has 2 aromatic carbocycles. The molecule has 0 fully saturated rings. The quantitative estimate of drug-likeness (QED) is 0.793. The molecule has 0 aliphatic heterocycles. The highest BCUT2D eigenvalue weighted by molar-refractivity contribution is 5.74. The van der Waals surface area contributed by atoms with Crippen molar-refractivity contribution in [2.75, 3.05) is 17.7 Å². The van der Waals surface area contributed by atoms with Crippen molar-refractivity contribution in [3.63, 3.8) is 0 Å². The van der Waals surface area contributed by atoms with E-state index in [9.17, 15) is 4.39 Å². The summed E-state index contributed by atoms with van der Waals surface area (Å²) < 4.78 is 19.2. The fraction of sp³-hybridized carbons (Fsp3) is 0.294. The predicted octanol–water partition coefficient (Wildman–Crippen LogP) is 4.56. The van der Waals surface area contributed by atoms with Crippen LogP contribution in [0, 0.1) is 19.7 Å². The summed E-state index contributed by atoms with van der Waals surface area (Å²) in [4.78, 5) is 0. The highest BCUT2D eigenvalue weighted by Gasteiger charge is 2.09. The molecule has 0 unspecified atom stereocenters. The monoisotopic (exact) mass is 288 g/mol. The third-order valence-electron chi connectivity index (χ3n) is 3.07. The van der Waals surface area contributed by atoms with Crippen molar-refractivity contribution >= 4 is 17.1 Å². The maximum absolute atomic E-state index is 13.8. The average molecular weight is 288 g/mol. The first-order valence-electron chi connectivity index (χ1n) is 7.06. The fourth-order valence-electron chi connectivity index (χ4n) is 2.20. The van der Waals surface area contributed by atoms with Gasteiger partial charge in [0.25, 0.3) is 0 Å². The molecule has 112 valence electrons. The maximum atomic E-state index is 13.8. The molecule has 0 saturated heterocycles. The second-order valence-electron chi connectivity index (χ2n) is 5.22. The van der Waals surface area contributed by atoms with E-state index in [2.05, 4.69) is 11.4 Å². The molecule has 0 aromatic heterocycles. The summed E-state index contributed by atoms with van der Waals surface area (Å²) in [5.74, 6) is -0.218. The summed E-state index contributed by atoms with van der Waals surface area (Å²) in [6.45, 7) is 6.51. The largest absolute Gasteiger partial charge is 0.490 e. The zero-order valence-corrected chi connectivity index (χ0v) is 12.7. The molecule has 0 saturated carbocycles. The lowest BCUT2D eigenvalue weighted by Gasteiger charge is -2.14. The van der Waals surface area contributed by atoms with Gasteiger partial charge in [0.2, 0.25) is 0 Å². The van der Waals surface area contributed by atoms with Crippen LogP contribution in [0.15, 0.2) is 30.3 Å². The molecule has 0 radical (unpaired) electrons. The molecular weight excluding hydrogens is 267 g/mol. The topological polar surface area (TPSA) is 47.3 Å². The van der Waals surface area contributed by atoms with E-state index in [0.29, 0.717) is 18.0 Å². The van der Waals surface area contributed by atoms with Gasteiger partial charge in [0.1, 0.15) is 0 Å². The van der Waals surface area contributed by atoms with Gasteiger partial charge >= 0.3 is 0 Å². The van der Waals surface area contributed by atoms with Crippen molar-refractivity contribution in [1.82, 2.24) is 0 Å². The van der Waals surface area contributed by atoms with Crippen molar-refractivity contribution in [3.05, 3.63) is 47.3 Å². The fourth-order valence-corrected chi connectivity index (χ4v) is 2.20. The van der Waals surface area contributed by atoms with Gasteiger partial charge in [0.05, 0.1) is 18.0 Å². The molecule has 0 aliphatic rings. The second kappa shape index (κ2) is 6.48. The van der Waals surface area contributed by atoms with Gasteiger partial charge in [-0.2, -0.15) is 0 Å². The van der Waals surface area contributed by atoms with Gasteiger partial charge in [-0.15, -0.1) is 0 Å². The molecule has 0 bridgehead atoms. The van der Waals surface area contributed by atoms with E-state index in [0.717, 1.165) is 23.2 Å². The molecule has 3 nitrogen and oxygen atoms in total. The third-order valence-corrected chi connectivity index (χ3v) is 3.07. The summed E-state index contributed by atoms with van der Waals surface area (Å²) in [5, 5.41) is 3.23. The number of rotatable bonds is 5. The Kier molecular flexibility index (Phi) is 4.68. The molecule has 0 atom stereocenters. The first-order chi connectivity index (χ1) is 9.99. The summed E-state index contributed by atoms with van der Waals surface area (Å²) in [6.07, 6.45) is 0.823. The number of hydrogen-bond donors (Lipinski definition) is 2. The number of nitrogen functional groups attached to an aromatic ring is 1. The van der Waals surface area contributed by atoms with Gasteiger partial charge in [-0.1, -0.05) is 13.0 Å². The highest BCUT2D eigenvalue weighted by atomic mass is 19.1. The number of hydrogen-bond acceptors (Lipinski definition) is 3. The van der Waals surface area contributed by atoms with E-state index in [1.165, 1.54) is 6.07 Å². The van der Waals surface area contributed by atoms with Crippen molar-refractivity contribution in [2.45, 2.75) is 27.2 Å². The summed E-state index contributed by atoms with van der Waals surface area (Å²) in [7, 11) is 0. The van der Waals surface area contributed by atoms with Crippen LogP contribution in [0.4, 0.5) is 21.5 Å². The maximum Gasteiger partial charge on any atom is 0.167 e. The van der Waals surface area contributed by atoms with Crippen LogP contribution >= 0.6 is 0 Å². The first-order valence-corrected chi connectivity index (χ1v) is 7.06. The van der Waals surface area contributed by atoms with E-state index in [-0.39, 0.29) is 5.75 Å². The normalized spacial score (nSPS) is 10.5. The Balaban J connectivity index is 2.30. The van der Waals surface area contributed by atoms with Crippen LogP contribution in [0.25, 0.3) is 0 Å². The van der Waals surface area contributed by atoms with Crippen LogP contribution in [-0.2, 0) is 0 Å². The lowest BCUT2D eigenvalue weighted by molar-refractivity contribution is 0.301. The van der Waals surface area contributed by atoms with Crippen molar-refractivity contribution in [2.24, 2.45) is 0 Å². The Labute approximate surface area is 124 Å². The van der Waals surface area contributed by atoms with E-state index < -0.39 is 5.82 Å². The SMILES string of the molecule is CCCOc1cc(Nc2cc(C)cc(C)c2)c(N)cc1F. The molecule has 0 aliphatic carbocycles. The molecule has 0 amide bonds. The van der Waals surface area contributed by atoms with Gasteiger partial charge in [-0.25, -0.2) is 4.39 Å². The highest BCUT2D eigenvalue weighted by Crippen LogP contribution is 2.31. The minimum atomic E-state index is -0.438. The number of anilines is 3. The van der Waals surface area contributed by atoms with Crippen LogP contribution in [0.3, 0.4) is 0 Å². The second-order valence-corrected chi connectivity index (χ2v) is 5.22. The standard InChI is InChI=1S/C17H21FN2O/c1-4-5-21-17-10-16(15(19)9-14(17)18)20-13-7-11(2)6-12(3)8-13/h6-10,20H,4-5,19H2,1-3H3. The van der Waals surface area contributed by atoms with Crippen molar-refractivity contribution in [1.29, 1.82) is 0 Å². The van der Waals surface area contributed by atoms with Crippen LogP contribution in [0.1, 0.15) is 24.5 Å². The van der Waals surface area contributed by atoms with E-state index >= 15 is 0 Å². The minimum absolute atomic E-state index is 0.220. The first kappa shape index (κ1) is 15.2. The van der Waals surface area contributed by atoms with Gasteiger partial charge in [0.15, 0.2) is 11.6 Å². The Morgan fingerprint density at radius 3 is 2.38 bits per heavy atom. The molecule has 4 heteroatoms. The molecule has 2 aromatic rings. The number of nitrogens with one attached hydrogen (secondary N) is 1. The molecule has 0 heterocycles.